The van der Waals surface area contributed by atoms with Crippen LogP contribution in [-0.4, -0.2) is 23.3 Å². The van der Waals surface area contributed by atoms with E-state index in [9.17, 15) is 14.0 Å². The lowest BCUT2D eigenvalue weighted by molar-refractivity contribution is 0.0951. The van der Waals surface area contributed by atoms with Gasteiger partial charge in [-0.25, -0.2) is 9.37 Å². The number of carbonyl (C=O) groups is 2. The molecule has 154 valence electrons. The molecule has 0 radical (unpaired) electrons. The standard InChI is InChI=1S/C24H24FN3O2/c1-16(2)11-12-26-23(29)18-6-3-5-17(13-18)20-9-10-22(27-15-20)28-24(30)19-7-4-8-21(25)14-19/h3-10,13-16H,11-12H2,1-2H3,(H,26,29)(H,27,28,30). The highest BCUT2D eigenvalue weighted by Crippen LogP contribution is 2.21. The van der Waals surface area contributed by atoms with Crippen LogP contribution in [0.15, 0.2) is 66.9 Å². The van der Waals surface area contributed by atoms with Crippen molar-refractivity contribution < 1.29 is 14.0 Å². The van der Waals surface area contributed by atoms with Crippen molar-refractivity contribution in [2.75, 3.05) is 11.9 Å². The maximum atomic E-state index is 13.3. The molecule has 0 saturated carbocycles. The normalized spacial score (nSPS) is 10.7. The predicted molar refractivity (Wildman–Crippen MR) is 116 cm³/mol. The molecule has 2 N–H and O–H groups in total. The number of rotatable bonds is 7. The van der Waals surface area contributed by atoms with E-state index in [1.165, 1.54) is 24.3 Å². The second kappa shape index (κ2) is 9.78. The summed E-state index contributed by atoms with van der Waals surface area (Å²) < 4.78 is 13.3. The van der Waals surface area contributed by atoms with Gasteiger partial charge in [0, 0.05) is 29.4 Å². The number of nitrogens with zero attached hydrogens (tertiary/aromatic N) is 1. The van der Waals surface area contributed by atoms with Gasteiger partial charge in [0.25, 0.3) is 11.8 Å². The van der Waals surface area contributed by atoms with Gasteiger partial charge >= 0.3 is 0 Å². The van der Waals surface area contributed by atoms with Gasteiger partial charge in [0.2, 0.25) is 0 Å². The van der Waals surface area contributed by atoms with E-state index in [-0.39, 0.29) is 11.5 Å². The number of amides is 2. The van der Waals surface area contributed by atoms with Gasteiger partial charge in [-0.2, -0.15) is 0 Å². The lowest BCUT2D eigenvalue weighted by Gasteiger charge is -2.09. The fourth-order valence-corrected chi connectivity index (χ4v) is 2.87. The van der Waals surface area contributed by atoms with Crippen LogP contribution in [0.4, 0.5) is 10.2 Å². The third-order valence-corrected chi connectivity index (χ3v) is 4.56. The zero-order chi connectivity index (χ0) is 21.5. The first-order chi connectivity index (χ1) is 14.4. The number of halogens is 1. The van der Waals surface area contributed by atoms with E-state index in [0.29, 0.717) is 23.8 Å². The summed E-state index contributed by atoms with van der Waals surface area (Å²) in [7, 11) is 0. The molecule has 6 heteroatoms. The van der Waals surface area contributed by atoms with Gasteiger partial charge in [0.05, 0.1) is 0 Å². The molecule has 0 fully saturated rings. The molecule has 1 heterocycles. The third-order valence-electron chi connectivity index (χ3n) is 4.56. The van der Waals surface area contributed by atoms with Crippen LogP contribution in [0.1, 0.15) is 41.0 Å². The Bertz CT molecular complexity index is 1030. The SMILES string of the molecule is CC(C)CCNC(=O)c1cccc(-c2ccc(NC(=O)c3cccc(F)c3)nc2)c1. The Balaban J connectivity index is 1.67. The van der Waals surface area contributed by atoms with Crippen molar-refractivity contribution in [1.82, 2.24) is 10.3 Å². The van der Waals surface area contributed by atoms with E-state index in [0.717, 1.165) is 17.5 Å². The predicted octanol–water partition coefficient (Wildman–Crippen LogP) is 4.92. The molecule has 0 aliphatic heterocycles. The number of carbonyl (C=O) groups excluding carboxylic acids is 2. The van der Waals surface area contributed by atoms with Crippen LogP contribution in [0.3, 0.4) is 0 Å². The van der Waals surface area contributed by atoms with Crippen molar-refractivity contribution in [1.29, 1.82) is 0 Å². The third kappa shape index (κ3) is 5.73. The van der Waals surface area contributed by atoms with E-state index in [1.807, 2.05) is 24.3 Å². The summed E-state index contributed by atoms with van der Waals surface area (Å²) in [6.45, 7) is 4.87. The monoisotopic (exact) mass is 405 g/mol. The Hall–Kier alpha value is -3.54. The number of aromatic nitrogens is 1. The highest BCUT2D eigenvalue weighted by atomic mass is 19.1. The van der Waals surface area contributed by atoms with Crippen molar-refractivity contribution in [2.24, 2.45) is 5.92 Å². The Morgan fingerprint density at radius 2 is 1.67 bits per heavy atom. The van der Waals surface area contributed by atoms with Crippen molar-refractivity contribution in [3.05, 3.63) is 83.8 Å². The maximum Gasteiger partial charge on any atom is 0.256 e. The summed E-state index contributed by atoms with van der Waals surface area (Å²) in [5.74, 6) is -0.128. The molecule has 3 rings (SSSR count). The van der Waals surface area contributed by atoms with Crippen LogP contribution >= 0.6 is 0 Å². The first-order valence-electron chi connectivity index (χ1n) is 9.84. The Morgan fingerprint density at radius 1 is 0.933 bits per heavy atom. The molecule has 0 unspecified atom stereocenters. The highest BCUT2D eigenvalue weighted by molar-refractivity contribution is 6.03. The Labute approximate surface area is 175 Å². The smallest absolute Gasteiger partial charge is 0.256 e. The summed E-state index contributed by atoms with van der Waals surface area (Å²) in [6, 6.07) is 16.2. The van der Waals surface area contributed by atoms with E-state index in [1.54, 1.807) is 18.3 Å². The van der Waals surface area contributed by atoms with Crippen LogP contribution in [0.25, 0.3) is 11.1 Å². The van der Waals surface area contributed by atoms with Crippen molar-refractivity contribution in [3.8, 4) is 11.1 Å². The second-order valence-corrected chi connectivity index (χ2v) is 7.42. The number of hydrogen-bond acceptors (Lipinski definition) is 3. The minimum absolute atomic E-state index is 0.107. The Kier molecular flexibility index (Phi) is 6.91. The molecule has 1 aromatic heterocycles. The molecular weight excluding hydrogens is 381 g/mol. The molecule has 2 aromatic carbocycles. The fraction of sp³-hybridized carbons (Fsp3) is 0.208. The van der Waals surface area contributed by atoms with Crippen molar-refractivity contribution >= 4 is 17.6 Å². The fourth-order valence-electron chi connectivity index (χ4n) is 2.87. The maximum absolute atomic E-state index is 13.3. The van der Waals surface area contributed by atoms with E-state index < -0.39 is 11.7 Å². The van der Waals surface area contributed by atoms with Gasteiger partial charge in [-0.1, -0.05) is 32.0 Å². The summed E-state index contributed by atoms with van der Waals surface area (Å²) >= 11 is 0. The summed E-state index contributed by atoms with van der Waals surface area (Å²) in [4.78, 5) is 28.8. The van der Waals surface area contributed by atoms with Crippen molar-refractivity contribution in [3.63, 3.8) is 0 Å². The van der Waals surface area contributed by atoms with E-state index in [2.05, 4.69) is 29.5 Å². The van der Waals surface area contributed by atoms with Crippen LogP contribution < -0.4 is 10.6 Å². The average molecular weight is 405 g/mol. The van der Waals surface area contributed by atoms with E-state index in [4.69, 9.17) is 0 Å². The number of benzene rings is 2. The van der Waals surface area contributed by atoms with Gasteiger partial charge in [-0.3, -0.25) is 9.59 Å². The summed E-state index contributed by atoms with van der Waals surface area (Å²) in [5.41, 5.74) is 2.47. The summed E-state index contributed by atoms with van der Waals surface area (Å²) in [6.07, 6.45) is 2.55. The minimum atomic E-state index is -0.473. The first-order valence-corrected chi connectivity index (χ1v) is 9.84. The lowest BCUT2D eigenvalue weighted by Crippen LogP contribution is -2.25. The largest absolute Gasteiger partial charge is 0.352 e. The summed E-state index contributed by atoms with van der Waals surface area (Å²) in [5, 5.41) is 5.58. The van der Waals surface area contributed by atoms with Crippen LogP contribution in [0.2, 0.25) is 0 Å². The molecule has 5 nitrogen and oxygen atoms in total. The molecule has 0 bridgehead atoms. The molecule has 3 aromatic rings. The van der Waals surface area contributed by atoms with Crippen molar-refractivity contribution in [2.45, 2.75) is 20.3 Å². The van der Waals surface area contributed by atoms with Gasteiger partial charge < -0.3 is 10.6 Å². The zero-order valence-electron chi connectivity index (χ0n) is 17.0. The van der Waals surface area contributed by atoms with Gasteiger partial charge in [-0.05, 0) is 60.4 Å². The average Bonchev–Trinajstić information content (AvgIpc) is 2.74. The number of nitrogens with one attached hydrogen (secondary N) is 2. The second-order valence-electron chi connectivity index (χ2n) is 7.42. The zero-order valence-corrected chi connectivity index (χ0v) is 17.0. The number of pyridine rings is 1. The molecular formula is C24H24FN3O2. The van der Waals surface area contributed by atoms with Crippen LogP contribution in [-0.2, 0) is 0 Å². The van der Waals surface area contributed by atoms with Gasteiger partial charge in [0.1, 0.15) is 11.6 Å². The number of hydrogen-bond donors (Lipinski definition) is 2. The topological polar surface area (TPSA) is 71.1 Å². The first kappa shape index (κ1) is 21.2. The molecule has 2 amide bonds. The number of anilines is 1. The quantitative estimate of drug-likeness (QED) is 0.586. The molecule has 0 spiro atoms. The highest BCUT2D eigenvalue weighted by Gasteiger charge is 2.10. The molecule has 0 aliphatic rings. The minimum Gasteiger partial charge on any atom is -0.352 e. The van der Waals surface area contributed by atoms with Gasteiger partial charge in [0.15, 0.2) is 0 Å². The van der Waals surface area contributed by atoms with E-state index >= 15 is 0 Å². The van der Waals surface area contributed by atoms with Crippen LogP contribution in [0.5, 0.6) is 0 Å². The molecule has 0 aliphatic carbocycles. The lowest BCUT2D eigenvalue weighted by atomic mass is 10.0. The van der Waals surface area contributed by atoms with Gasteiger partial charge in [-0.15, -0.1) is 0 Å². The Morgan fingerprint density at radius 3 is 2.33 bits per heavy atom. The molecule has 0 saturated heterocycles. The van der Waals surface area contributed by atoms with Crippen LogP contribution in [0, 0.1) is 11.7 Å². The molecule has 0 atom stereocenters. The molecule has 30 heavy (non-hydrogen) atoms.